The van der Waals surface area contributed by atoms with E-state index in [1.807, 2.05) is 23.1 Å². The number of fused-ring (bicyclic) bond motifs is 1. The van der Waals surface area contributed by atoms with Crippen LogP contribution in [-0.2, 0) is 13.0 Å². The van der Waals surface area contributed by atoms with Crippen molar-refractivity contribution in [3.05, 3.63) is 34.9 Å². The number of carbonyl (C=O) groups is 1. The van der Waals surface area contributed by atoms with E-state index in [9.17, 15) is 4.79 Å². The molecule has 5 nitrogen and oxygen atoms in total. The molecule has 3 rings (SSSR count). The van der Waals surface area contributed by atoms with Crippen molar-refractivity contribution < 1.29 is 4.79 Å². The van der Waals surface area contributed by atoms with E-state index in [1.165, 1.54) is 31.2 Å². The quantitative estimate of drug-likeness (QED) is 0.897. The van der Waals surface area contributed by atoms with Crippen LogP contribution in [0.3, 0.4) is 0 Å². The molecule has 1 atom stereocenters. The lowest BCUT2D eigenvalue weighted by atomic mass is 9.97. The second-order valence-corrected chi connectivity index (χ2v) is 6.60. The average Bonchev–Trinajstić information content (AvgIpc) is 3.12. The van der Waals surface area contributed by atoms with Gasteiger partial charge in [0, 0.05) is 25.7 Å². The van der Waals surface area contributed by atoms with Crippen molar-refractivity contribution in [1.82, 2.24) is 10.2 Å². The van der Waals surface area contributed by atoms with Crippen LogP contribution in [0.1, 0.15) is 42.4 Å². The Morgan fingerprint density at radius 3 is 2.87 bits per heavy atom. The van der Waals surface area contributed by atoms with E-state index < -0.39 is 0 Å². The van der Waals surface area contributed by atoms with Crippen LogP contribution >= 0.6 is 0 Å². The van der Waals surface area contributed by atoms with Crippen LogP contribution in [0.15, 0.2) is 18.2 Å². The fourth-order valence-electron chi connectivity index (χ4n) is 3.77. The second-order valence-electron chi connectivity index (χ2n) is 6.60. The highest BCUT2D eigenvalue weighted by atomic mass is 16.2. The summed E-state index contributed by atoms with van der Waals surface area (Å²) in [6.07, 6.45) is 5.63. The molecule has 1 saturated carbocycles. The molecule has 2 aliphatic rings. The molecule has 1 aliphatic heterocycles. The van der Waals surface area contributed by atoms with Gasteiger partial charge in [-0.05, 0) is 48.4 Å². The van der Waals surface area contributed by atoms with Crippen LogP contribution in [0, 0.1) is 17.2 Å². The molecule has 1 aromatic rings. The molecule has 0 radical (unpaired) electrons. The minimum absolute atomic E-state index is 0.0117. The van der Waals surface area contributed by atoms with E-state index >= 15 is 0 Å². The molecule has 0 spiro atoms. The largest absolute Gasteiger partial charge is 0.334 e. The molecule has 1 fully saturated rings. The van der Waals surface area contributed by atoms with Gasteiger partial charge < -0.3 is 16.0 Å². The third-order valence-corrected chi connectivity index (χ3v) is 5.17. The number of hydrogen-bond donors (Lipinski definition) is 2. The summed E-state index contributed by atoms with van der Waals surface area (Å²) in [6.45, 7) is 1.80. The van der Waals surface area contributed by atoms with Crippen LogP contribution in [0.2, 0.25) is 0 Å². The highest BCUT2D eigenvalue weighted by Gasteiger charge is 2.28. The first-order valence-corrected chi connectivity index (χ1v) is 8.48. The summed E-state index contributed by atoms with van der Waals surface area (Å²) in [5.41, 5.74) is 8.88. The summed E-state index contributed by atoms with van der Waals surface area (Å²) in [5, 5.41) is 12.1. The van der Waals surface area contributed by atoms with Crippen molar-refractivity contribution >= 4 is 6.03 Å². The molecular weight excluding hydrogens is 288 g/mol. The summed E-state index contributed by atoms with van der Waals surface area (Å²) >= 11 is 0. The van der Waals surface area contributed by atoms with Crippen LogP contribution in [0.25, 0.3) is 0 Å². The molecule has 23 heavy (non-hydrogen) atoms. The smallest absolute Gasteiger partial charge is 0.317 e. The summed E-state index contributed by atoms with van der Waals surface area (Å²) in [4.78, 5) is 14.4. The first-order chi connectivity index (χ1) is 11.2. The van der Waals surface area contributed by atoms with Crippen LogP contribution in [-0.4, -0.2) is 30.1 Å². The highest BCUT2D eigenvalue weighted by molar-refractivity contribution is 5.75. The van der Waals surface area contributed by atoms with E-state index in [2.05, 4.69) is 11.4 Å². The Labute approximate surface area is 137 Å². The van der Waals surface area contributed by atoms with Crippen molar-refractivity contribution in [2.45, 2.75) is 44.7 Å². The standard InChI is InChI=1S/C18H24N4O/c19-10-13-5-6-16-12-22(8-7-15(16)9-13)18(23)21-17(11-20)14-3-1-2-4-14/h5-6,9,14,17H,1-4,7-8,11-12,20H2,(H,21,23). The van der Waals surface area contributed by atoms with E-state index in [4.69, 9.17) is 11.0 Å². The predicted molar refractivity (Wildman–Crippen MR) is 88.6 cm³/mol. The summed E-state index contributed by atoms with van der Waals surface area (Å²) in [5.74, 6) is 0.527. The molecule has 0 bridgehead atoms. The maximum atomic E-state index is 12.6. The van der Waals surface area contributed by atoms with Crippen LogP contribution in [0.4, 0.5) is 4.79 Å². The minimum atomic E-state index is -0.0117. The molecule has 3 N–H and O–H groups in total. The zero-order chi connectivity index (χ0) is 16.2. The number of amides is 2. The third-order valence-electron chi connectivity index (χ3n) is 5.17. The summed E-state index contributed by atoms with van der Waals surface area (Å²) in [6, 6.07) is 7.97. The van der Waals surface area contributed by atoms with Crippen molar-refractivity contribution in [3.8, 4) is 6.07 Å². The summed E-state index contributed by atoms with van der Waals surface area (Å²) in [7, 11) is 0. The molecular formula is C18H24N4O. The first kappa shape index (κ1) is 15.8. The van der Waals surface area contributed by atoms with Gasteiger partial charge in [-0.3, -0.25) is 0 Å². The van der Waals surface area contributed by atoms with Gasteiger partial charge in [-0.15, -0.1) is 0 Å². The maximum Gasteiger partial charge on any atom is 0.317 e. The SMILES string of the molecule is N#Cc1ccc2c(c1)CCN(C(=O)NC(CN)C1CCCC1)C2. The van der Waals surface area contributed by atoms with Gasteiger partial charge in [-0.1, -0.05) is 18.9 Å². The Morgan fingerprint density at radius 1 is 1.39 bits per heavy atom. The zero-order valence-corrected chi connectivity index (χ0v) is 13.4. The van der Waals surface area contributed by atoms with E-state index in [-0.39, 0.29) is 12.1 Å². The molecule has 1 aromatic carbocycles. The predicted octanol–water partition coefficient (Wildman–Crippen LogP) is 2.14. The van der Waals surface area contributed by atoms with E-state index in [0.717, 1.165) is 12.0 Å². The third kappa shape index (κ3) is 3.48. The van der Waals surface area contributed by atoms with E-state index in [0.29, 0.717) is 31.1 Å². The second kappa shape index (κ2) is 7.01. The monoisotopic (exact) mass is 312 g/mol. The Morgan fingerprint density at radius 2 is 2.17 bits per heavy atom. The van der Waals surface area contributed by atoms with Crippen molar-refractivity contribution in [2.75, 3.05) is 13.1 Å². The maximum absolute atomic E-state index is 12.6. The molecule has 0 saturated heterocycles. The van der Waals surface area contributed by atoms with Gasteiger partial charge in [0.15, 0.2) is 0 Å². The molecule has 0 aromatic heterocycles. The van der Waals surface area contributed by atoms with Crippen molar-refractivity contribution in [2.24, 2.45) is 11.7 Å². The number of hydrogen-bond acceptors (Lipinski definition) is 3. The Kier molecular flexibility index (Phi) is 4.82. The van der Waals surface area contributed by atoms with Crippen LogP contribution in [0.5, 0.6) is 0 Å². The number of rotatable bonds is 3. The fourth-order valence-corrected chi connectivity index (χ4v) is 3.77. The van der Waals surface area contributed by atoms with Gasteiger partial charge in [0.1, 0.15) is 0 Å². The Hall–Kier alpha value is -2.06. The number of nitrogens with two attached hydrogens (primary N) is 1. The zero-order valence-electron chi connectivity index (χ0n) is 13.4. The van der Waals surface area contributed by atoms with Gasteiger partial charge in [0.25, 0.3) is 0 Å². The van der Waals surface area contributed by atoms with E-state index in [1.54, 1.807) is 0 Å². The topological polar surface area (TPSA) is 82.2 Å². The molecule has 1 unspecified atom stereocenters. The number of nitrogens with zero attached hydrogens (tertiary/aromatic N) is 2. The number of benzene rings is 1. The highest BCUT2D eigenvalue weighted by Crippen LogP contribution is 2.27. The molecule has 2 amide bonds. The van der Waals surface area contributed by atoms with Crippen LogP contribution < -0.4 is 11.1 Å². The number of nitrogens with one attached hydrogen (secondary N) is 1. The summed E-state index contributed by atoms with van der Waals surface area (Å²) < 4.78 is 0. The lowest BCUT2D eigenvalue weighted by Crippen LogP contribution is -2.51. The normalized spacial score (nSPS) is 19.0. The Balaban J connectivity index is 1.63. The number of carbonyl (C=O) groups excluding carboxylic acids is 1. The van der Waals surface area contributed by atoms with Gasteiger partial charge in [-0.25, -0.2) is 4.79 Å². The molecule has 1 aliphatic carbocycles. The van der Waals surface area contributed by atoms with Crippen molar-refractivity contribution in [1.29, 1.82) is 5.26 Å². The lowest BCUT2D eigenvalue weighted by molar-refractivity contribution is 0.183. The first-order valence-electron chi connectivity index (χ1n) is 8.48. The van der Waals surface area contributed by atoms with Gasteiger partial charge >= 0.3 is 6.03 Å². The van der Waals surface area contributed by atoms with Gasteiger partial charge in [-0.2, -0.15) is 5.26 Å². The minimum Gasteiger partial charge on any atom is -0.334 e. The van der Waals surface area contributed by atoms with Gasteiger partial charge in [0.05, 0.1) is 11.6 Å². The molecule has 122 valence electrons. The fraction of sp³-hybridized carbons (Fsp3) is 0.556. The number of urea groups is 1. The lowest BCUT2D eigenvalue weighted by Gasteiger charge is -2.32. The molecule has 5 heteroatoms. The number of nitriles is 1. The molecule has 1 heterocycles. The average molecular weight is 312 g/mol. The van der Waals surface area contributed by atoms with Gasteiger partial charge in [0.2, 0.25) is 0 Å². The van der Waals surface area contributed by atoms with Crippen molar-refractivity contribution in [3.63, 3.8) is 0 Å². The Bertz CT molecular complexity index is 616.